The number of hydroxylamine groups is 1. The molecule has 78 heavy (non-hydrogen) atoms. The second-order valence-corrected chi connectivity index (χ2v) is 24.0. The number of amidine groups is 1. The number of fused-ring (bicyclic) bond motifs is 2. The van der Waals surface area contributed by atoms with Crippen LogP contribution < -0.4 is 21.0 Å². The van der Waals surface area contributed by atoms with Crippen LogP contribution in [0.2, 0.25) is 5.02 Å². The molecule has 0 radical (unpaired) electrons. The van der Waals surface area contributed by atoms with Crippen LogP contribution >= 0.6 is 11.6 Å². The molecule has 4 saturated heterocycles. The summed E-state index contributed by atoms with van der Waals surface area (Å²) in [4.78, 5) is 44.7. The van der Waals surface area contributed by atoms with E-state index in [0.29, 0.717) is 51.2 Å². The molecular formula is C59H66ClFN12O5. The summed E-state index contributed by atoms with van der Waals surface area (Å²) >= 11 is 7.18. The molecule has 5 N–H and O–H groups in total. The number of nitrogens with two attached hydrogens (primary N) is 1. The van der Waals surface area contributed by atoms with Crippen molar-refractivity contribution in [3.8, 4) is 28.1 Å². The Hall–Kier alpha value is -6.73. The van der Waals surface area contributed by atoms with Gasteiger partial charge in [0.15, 0.2) is 11.6 Å². The third kappa shape index (κ3) is 9.01. The summed E-state index contributed by atoms with van der Waals surface area (Å²) in [6, 6.07) is 23.6. The molecule has 7 aliphatic rings. The van der Waals surface area contributed by atoms with Gasteiger partial charge in [-0.1, -0.05) is 85.2 Å². The van der Waals surface area contributed by atoms with Crippen molar-refractivity contribution in [2.24, 2.45) is 16.3 Å². The maximum Gasteiger partial charge on any atom is 0.234 e. The molecular weight excluding hydrogens is 1010 g/mol. The zero-order chi connectivity index (χ0) is 53.6. The van der Waals surface area contributed by atoms with Crippen molar-refractivity contribution in [3.63, 3.8) is 0 Å². The van der Waals surface area contributed by atoms with Crippen molar-refractivity contribution >= 4 is 40.8 Å². The van der Waals surface area contributed by atoms with E-state index in [1.807, 2.05) is 63.2 Å². The second-order valence-electron chi connectivity index (χ2n) is 23.6. The van der Waals surface area contributed by atoms with Gasteiger partial charge in [0.2, 0.25) is 17.6 Å². The highest BCUT2D eigenvalue weighted by molar-refractivity contribution is 6.32. The number of anilines is 3. The molecule has 1 amide bonds. The molecule has 13 rings (SSSR count). The van der Waals surface area contributed by atoms with Gasteiger partial charge in [0.25, 0.3) is 0 Å². The first kappa shape index (κ1) is 50.8. The number of para-hydroxylation sites is 1. The Kier molecular flexibility index (Phi) is 12.9. The summed E-state index contributed by atoms with van der Waals surface area (Å²) in [5.74, 6) is 1.35. The first-order valence-electron chi connectivity index (χ1n) is 27.7. The van der Waals surface area contributed by atoms with Crippen molar-refractivity contribution < 1.29 is 28.8 Å². The number of piperazine rings is 1. The van der Waals surface area contributed by atoms with Crippen molar-refractivity contribution in [1.29, 1.82) is 0 Å². The number of likely N-dealkylation sites (tertiary alicyclic amines) is 2. The number of piperidine rings is 1. The number of phenols is 1. The number of aliphatic imine (C=N–C) groups is 1. The van der Waals surface area contributed by atoms with Crippen LogP contribution in [0.4, 0.5) is 21.8 Å². The number of nitrogen functional groups attached to an aromatic ring is 1. The highest BCUT2D eigenvalue weighted by Crippen LogP contribution is 2.64. The van der Waals surface area contributed by atoms with E-state index in [1.165, 1.54) is 11.6 Å². The normalized spacial score (nSPS) is 28.4. The number of nitrogens with one attached hydrogen (secondary N) is 1. The number of benzene rings is 3. The van der Waals surface area contributed by atoms with Crippen LogP contribution in [0.5, 0.6) is 5.75 Å². The highest BCUT2D eigenvalue weighted by atomic mass is 35.5. The fourth-order valence-corrected chi connectivity index (χ4v) is 14.5. The molecule has 6 fully saturated rings. The van der Waals surface area contributed by atoms with E-state index >= 15 is 0 Å². The molecule has 2 saturated carbocycles. The summed E-state index contributed by atoms with van der Waals surface area (Å²) in [5, 5.41) is 35.0. The number of hydrogen-bond donors (Lipinski definition) is 4. The number of aromatic nitrogens is 5. The Morgan fingerprint density at radius 2 is 1.56 bits per heavy atom. The maximum absolute atomic E-state index is 14.7. The predicted octanol–water partition coefficient (Wildman–Crippen LogP) is 8.94. The van der Waals surface area contributed by atoms with Gasteiger partial charge in [-0.2, -0.15) is 0 Å². The van der Waals surface area contributed by atoms with Crippen molar-refractivity contribution in [2.75, 3.05) is 48.3 Å². The summed E-state index contributed by atoms with van der Waals surface area (Å²) in [6.07, 6.45) is 12.2. The van der Waals surface area contributed by atoms with Crippen LogP contribution in [-0.4, -0.2) is 120 Å². The van der Waals surface area contributed by atoms with Crippen LogP contribution in [0.3, 0.4) is 0 Å². The monoisotopic (exact) mass is 1080 g/mol. The Balaban J connectivity index is 0.596. The first-order chi connectivity index (χ1) is 37.7. The van der Waals surface area contributed by atoms with Crippen molar-refractivity contribution in [2.45, 2.75) is 132 Å². The largest absolute Gasteiger partial charge is 0.507 e. The number of β-amino-alcohol motifs (C(OH)–C–C–N with tert-alkyl or cyclic N) is 1. The third-order valence-corrected chi connectivity index (χ3v) is 18.7. The summed E-state index contributed by atoms with van der Waals surface area (Å²) in [6.45, 7) is 9.57. The van der Waals surface area contributed by atoms with E-state index in [4.69, 9.17) is 41.7 Å². The number of hydrogen-bond acceptors (Lipinski definition) is 16. The van der Waals surface area contributed by atoms with E-state index in [2.05, 4.69) is 47.9 Å². The number of rotatable bonds is 12. The van der Waals surface area contributed by atoms with Gasteiger partial charge in [-0.05, 0) is 124 Å². The van der Waals surface area contributed by atoms with Crippen molar-refractivity contribution in [1.82, 2.24) is 40.6 Å². The number of phenolic OH excluding ortho intramolecular Hbond substituents is 1. The van der Waals surface area contributed by atoms with Gasteiger partial charge in [0, 0.05) is 79.2 Å². The van der Waals surface area contributed by atoms with Gasteiger partial charge in [-0.15, -0.1) is 10.2 Å². The number of aliphatic hydroxyl groups is 1. The molecule has 2 unspecified atom stereocenters. The third-order valence-electron chi connectivity index (χ3n) is 18.4. The molecule has 6 atom stereocenters. The van der Waals surface area contributed by atoms with Crippen LogP contribution in [-0.2, 0) is 15.4 Å². The molecule has 2 aliphatic carbocycles. The maximum atomic E-state index is 14.7. The Labute approximate surface area is 458 Å². The SMILES string of the molecule is CC(C)[C@@H](C(=O)N1C[C@H](O)C[C@H]1C1=N[C@@](C)(c2ccc(-c3ccccc3F)cc2)ON1)c1onc(C2CC3(C2)CC(N2CCC(c4cnc(N5C6CCC5CN(c5cc(-c7ccccc7O)nnc5N)C6)nc4)CC2)C3)c1Cl. The van der Waals surface area contributed by atoms with Gasteiger partial charge in [0.05, 0.1) is 23.5 Å². The molecule has 19 heteroatoms. The smallest absolute Gasteiger partial charge is 0.234 e. The molecule has 8 heterocycles. The fourth-order valence-electron chi connectivity index (χ4n) is 14.2. The zero-order valence-electron chi connectivity index (χ0n) is 44.2. The Morgan fingerprint density at radius 1 is 0.872 bits per heavy atom. The van der Waals surface area contributed by atoms with Gasteiger partial charge < -0.3 is 40.1 Å². The van der Waals surface area contributed by atoms with E-state index in [0.717, 1.165) is 106 Å². The average Bonchev–Trinajstić information content (AvgIpc) is 4.31. The lowest BCUT2D eigenvalue weighted by Gasteiger charge is -2.60. The number of aliphatic hydroxyl groups excluding tert-OH is 1. The van der Waals surface area contributed by atoms with E-state index in [-0.39, 0.29) is 59.8 Å². The van der Waals surface area contributed by atoms with Crippen LogP contribution in [0.25, 0.3) is 22.4 Å². The van der Waals surface area contributed by atoms with Crippen LogP contribution in [0, 0.1) is 17.2 Å². The molecule has 406 valence electrons. The van der Waals surface area contributed by atoms with Crippen molar-refractivity contribution in [3.05, 3.63) is 125 Å². The minimum atomic E-state index is -1.12. The molecule has 3 aromatic heterocycles. The van der Waals surface area contributed by atoms with Crippen LogP contribution in [0.1, 0.15) is 119 Å². The summed E-state index contributed by atoms with van der Waals surface area (Å²) in [5.41, 5.74) is 14.5. The summed E-state index contributed by atoms with van der Waals surface area (Å²) < 4.78 is 20.6. The standard InChI is InChI=1S/C59H66ClFN12O5/c1-33(2)50(56(76)72-32-42(74)22-48(72)55-65-58(3,78-69-55)38-14-12-35(13-15-38)43-8-4-6-10-45(43)61)53-51(60)52(68-77-53)36-24-59(25-36)26-41(27-59)70-20-18-34(19-21-70)37-28-63-57(64-29-37)73-39-16-17-40(73)31-71(30-39)47-23-46(66-67-54(47)62)44-9-5-7-11-49(44)75/h4-15,23,28-29,33-34,36,39-42,48,50,74-75H,16-22,24-27,30-32H2,1-3H3,(H2,62,67)(H,65,69)/t36?,39?,40?,41?,42-,48+,50-,58-,59?/m1/s1. The zero-order valence-corrected chi connectivity index (χ0v) is 44.9. The number of halogens is 2. The average molecular weight is 1080 g/mol. The second kappa shape index (κ2) is 19.9. The number of carbonyl (C=O) groups excluding carboxylic acids is 1. The minimum absolute atomic E-state index is 0.127. The fraction of sp³-hybridized carbons (Fsp3) is 0.475. The molecule has 17 nitrogen and oxygen atoms in total. The number of aromatic hydroxyl groups is 1. The van der Waals surface area contributed by atoms with E-state index < -0.39 is 23.8 Å². The number of carbonyl (C=O) groups is 1. The first-order valence-corrected chi connectivity index (χ1v) is 28.1. The molecule has 2 bridgehead atoms. The molecule has 6 aromatic rings. The molecule has 1 spiro atoms. The predicted molar refractivity (Wildman–Crippen MR) is 294 cm³/mol. The van der Waals surface area contributed by atoms with Gasteiger partial charge in [-0.25, -0.2) is 29.7 Å². The number of amides is 1. The molecule has 5 aliphatic heterocycles. The quantitative estimate of drug-likeness (QED) is 0.0902. The lowest BCUT2D eigenvalue weighted by molar-refractivity contribution is -0.134. The lowest BCUT2D eigenvalue weighted by atomic mass is 9.49. The Morgan fingerprint density at radius 3 is 2.26 bits per heavy atom. The molecule has 3 aromatic carbocycles. The highest BCUT2D eigenvalue weighted by Gasteiger charge is 2.56. The van der Waals surface area contributed by atoms with E-state index in [9.17, 15) is 19.4 Å². The topological polar surface area (TPSA) is 208 Å². The summed E-state index contributed by atoms with van der Waals surface area (Å²) in [7, 11) is 0. The lowest BCUT2D eigenvalue weighted by Crippen LogP contribution is -2.57. The van der Waals surface area contributed by atoms with Gasteiger partial charge in [-0.3, -0.25) is 4.79 Å². The van der Waals surface area contributed by atoms with E-state index in [1.54, 1.807) is 35.2 Å². The number of nitrogens with zero attached hydrogens (tertiary/aromatic N) is 10. The van der Waals surface area contributed by atoms with Crippen LogP contribution in [0.15, 0.2) is 101 Å². The minimum Gasteiger partial charge on any atom is -0.507 e. The van der Waals surface area contributed by atoms with Gasteiger partial charge in [0.1, 0.15) is 34.0 Å². The van der Waals surface area contributed by atoms with Gasteiger partial charge >= 0.3 is 0 Å². The Bertz CT molecular complexity index is 3240.